The largest absolute Gasteiger partial charge is 0.418 e. The molecule has 50 heavy (non-hydrogen) atoms. The summed E-state index contributed by atoms with van der Waals surface area (Å²) in [4.78, 5) is 49.0. The predicted octanol–water partition coefficient (Wildman–Crippen LogP) is 6.51. The van der Waals surface area contributed by atoms with E-state index in [1.165, 1.54) is 32.4 Å². The second-order valence-corrected chi connectivity index (χ2v) is 14.6. The van der Waals surface area contributed by atoms with Gasteiger partial charge in [0.15, 0.2) is 0 Å². The molecule has 9 nitrogen and oxygen atoms in total. The van der Waals surface area contributed by atoms with Crippen molar-refractivity contribution in [3.05, 3.63) is 58.1 Å². The van der Waals surface area contributed by atoms with Gasteiger partial charge in [0.05, 0.1) is 22.2 Å². The van der Waals surface area contributed by atoms with Crippen LogP contribution in [-0.2, 0) is 28.6 Å². The summed E-state index contributed by atoms with van der Waals surface area (Å²) in [5.41, 5.74) is 1.06. The van der Waals surface area contributed by atoms with Gasteiger partial charge >= 0.3 is 12.2 Å². The summed E-state index contributed by atoms with van der Waals surface area (Å²) in [6.45, 7) is 4.73. The van der Waals surface area contributed by atoms with Crippen molar-refractivity contribution in [1.82, 2.24) is 19.6 Å². The third kappa shape index (κ3) is 8.33. The molecule has 2 N–H and O–H groups in total. The number of hydrogen-bond donors (Lipinski definition) is 2. The number of nitrogens with one attached hydrogen (secondary N) is 2. The lowest BCUT2D eigenvalue weighted by Crippen LogP contribution is -2.51. The zero-order valence-electron chi connectivity index (χ0n) is 28.7. The average molecular weight is 717 g/mol. The van der Waals surface area contributed by atoms with Gasteiger partial charge < -0.3 is 30.2 Å². The summed E-state index contributed by atoms with van der Waals surface area (Å²) < 4.78 is 42.1. The Morgan fingerprint density at radius 3 is 2.26 bits per heavy atom. The van der Waals surface area contributed by atoms with E-state index in [2.05, 4.69) is 15.5 Å². The minimum Gasteiger partial charge on any atom is -0.386 e. The molecule has 0 spiro atoms. The molecule has 0 radical (unpaired) electrons. The first-order chi connectivity index (χ1) is 24.0. The van der Waals surface area contributed by atoms with Crippen LogP contribution >= 0.6 is 11.6 Å². The highest BCUT2D eigenvalue weighted by molar-refractivity contribution is 6.33. The Balaban J connectivity index is 1.13. The molecule has 0 aliphatic carbocycles. The Hall–Kier alpha value is -3.51. The first-order valence-corrected chi connectivity index (χ1v) is 18.4. The third-order valence-corrected chi connectivity index (χ3v) is 11.3. The minimum atomic E-state index is -4.65. The number of benzene rings is 2. The van der Waals surface area contributed by atoms with Crippen LogP contribution in [0, 0.1) is 5.92 Å². The van der Waals surface area contributed by atoms with Crippen LogP contribution in [-0.4, -0.2) is 102 Å². The molecule has 0 bridgehead atoms. The number of para-hydroxylation sites is 1. The molecule has 4 aliphatic heterocycles. The predicted molar refractivity (Wildman–Crippen MR) is 188 cm³/mol. The highest BCUT2D eigenvalue weighted by atomic mass is 35.5. The van der Waals surface area contributed by atoms with E-state index in [0.717, 1.165) is 49.7 Å². The molecule has 6 rings (SSSR count). The number of rotatable bonds is 8. The van der Waals surface area contributed by atoms with Gasteiger partial charge in [-0.25, -0.2) is 4.79 Å². The Bertz CT molecular complexity index is 1530. The number of piperidine rings is 3. The van der Waals surface area contributed by atoms with E-state index in [4.69, 9.17) is 11.6 Å². The molecule has 2 aromatic carbocycles. The number of fused-ring (bicyclic) bond motifs is 1. The Morgan fingerprint density at radius 1 is 0.920 bits per heavy atom. The first-order valence-electron chi connectivity index (χ1n) is 18.0. The fourth-order valence-corrected chi connectivity index (χ4v) is 8.62. The molecule has 0 unspecified atom stereocenters. The zero-order chi connectivity index (χ0) is 35.4. The van der Waals surface area contributed by atoms with Crippen LogP contribution in [0.15, 0.2) is 36.4 Å². The molecule has 3 saturated heterocycles. The molecule has 4 amide bonds. The van der Waals surface area contributed by atoms with E-state index >= 15 is 0 Å². The first kappa shape index (κ1) is 36.3. The number of urea groups is 1. The van der Waals surface area contributed by atoms with E-state index in [1.807, 2.05) is 29.2 Å². The van der Waals surface area contributed by atoms with Crippen molar-refractivity contribution in [2.45, 2.75) is 82.5 Å². The summed E-state index contributed by atoms with van der Waals surface area (Å²) in [6, 6.07) is 10.5. The quantitative estimate of drug-likeness (QED) is 0.326. The van der Waals surface area contributed by atoms with Gasteiger partial charge in [-0.1, -0.05) is 36.2 Å². The monoisotopic (exact) mass is 716 g/mol. The second-order valence-electron chi connectivity index (χ2n) is 14.1. The molecule has 4 heterocycles. The molecule has 3 fully saturated rings. The van der Waals surface area contributed by atoms with Crippen molar-refractivity contribution in [3.63, 3.8) is 0 Å². The van der Waals surface area contributed by atoms with E-state index in [-0.39, 0.29) is 53.0 Å². The minimum absolute atomic E-state index is 0.0272. The lowest BCUT2D eigenvalue weighted by Gasteiger charge is -2.41. The molecule has 272 valence electrons. The number of nitrogens with zero attached hydrogens (tertiary/aromatic N) is 4. The average Bonchev–Trinajstić information content (AvgIpc) is 3.29. The van der Waals surface area contributed by atoms with Crippen molar-refractivity contribution in [3.8, 4) is 0 Å². The van der Waals surface area contributed by atoms with Crippen LogP contribution in [0.3, 0.4) is 0 Å². The fourth-order valence-electron chi connectivity index (χ4n) is 8.29. The third-order valence-electron chi connectivity index (χ3n) is 11.0. The highest BCUT2D eigenvalue weighted by Gasteiger charge is 2.38. The summed E-state index contributed by atoms with van der Waals surface area (Å²) in [7, 11) is 1.38. The Labute approximate surface area is 297 Å². The number of hydrogen-bond acceptors (Lipinski definition) is 5. The Morgan fingerprint density at radius 2 is 1.58 bits per heavy atom. The fraction of sp³-hybridized carbons (Fsp3) is 0.595. The van der Waals surface area contributed by atoms with Crippen LogP contribution in [0.1, 0.15) is 68.1 Å². The molecule has 13 heteroatoms. The summed E-state index contributed by atoms with van der Waals surface area (Å²) in [5, 5.41) is 5.49. The SMILES string of the molecule is CNc1c(Cl)cc(C[C@@H](CC(=O)N2CCC(N3CCc4ccccc4NC3=O)CC2)C(=O)N2CCC(N3CCCCC3)CC2)cc1C(F)(F)F. The lowest BCUT2D eigenvalue weighted by molar-refractivity contribution is -0.143. The number of amides is 4. The van der Waals surface area contributed by atoms with Crippen LogP contribution in [0.5, 0.6) is 0 Å². The summed E-state index contributed by atoms with van der Waals surface area (Å²) in [5.74, 6) is -1.24. The number of alkyl halides is 3. The second kappa shape index (κ2) is 15.8. The topological polar surface area (TPSA) is 88.2 Å². The highest BCUT2D eigenvalue weighted by Crippen LogP contribution is 2.40. The summed E-state index contributed by atoms with van der Waals surface area (Å²) >= 11 is 6.32. The van der Waals surface area contributed by atoms with Gasteiger partial charge in [0, 0.05) is 64.0 Å². The van der Waals surface area contributed by atoms with Gasteiger partial charge in [0.25, 0.3) is 0 Å². The zero-order valence-corrected chi connectivity index (χ0v) is 29.5. The number of carbonyl (C=O) groups excluding carboxylic acids is 3. The number of likely N-dealkylation sites (tertiary alicyclic amines) is 3. The van der Waals surface area contributed by atoms with Gasteiger partial charge in [-0.3, -0.25) is 9.59 Å². The maximum absolute atomic E-state index is 14.1. The van der Waals surface area contributed by atoms with E-state index in [0.29, 0.717) is 51.6 Å². The van der Waals surface area contributed by atoms with E-state index < -0.39 is 17.7 Å². The van der Waals surface area contributed by atoms with Gasteiger partial charge in [-0.2, -0.15) is 13.2 Å². The lowest BCUT2D eigenvalue weighted by atomic mass is 9.91. The van der Waals surface area contributed by atoms with Gasteiger partial charge in [-0.05, 0) is 93.8 Å². The van der Waals surface area contributed by atoms with Crippen molar-refractivity contribution in [2.75, 3.05) is 63.5 Å². The van der Waals surface area contributed by atoms with Crippen LogP contribution < -0.4 is 10.6 Å². The molecular weight excluding hydrogens is 669 g/mol. The number of carbonyl (C=O) groups is 3. The summed E-state index contributed by atoms with van der Waals surface area (Å²) in [6.07, 6.45) is 2.47. The van der Waals surface area contributed by atoms with Crippen molar-refractivity contribution in [1.29, 1.82) is 0 Å². The normalized spacial score (nSPS) is 20.6. The molecule has 4 aliphatic rings. The van der Waals surface area contributed by atoms with Crippen LogP contribution in [0.4, 0.5) is 29.3 Å². The van der Waals surface area contributed by atoms with Gasteiger partial charge in [-0.15, -0.1) is 0 Å². The molecule has 1 atom stereocenters. The smallest absolute Gasteiger partial charge is 0.386 e. The number of anilines is 2. The van der Waals surface area contributed by atoms with Gasteiger partial charge in [0.1, 0.15) is 0 Å². The van der Waals surface area contributed by atoms with Crippen molar-refractivity contribution < 1.29 is 27.6 Å². The molecule has 2 aromatic rings. The van der Waals surface area contributed by atoms with Gasteiger partial charge in [0.2, 0.25) is 11.8 Å². The molecule has 0 saturated carbocycles. The maximum Gasteiger partial charge on any atom is 0.418 e. The maximum atomic E-state index is 14.1. The standard InChI is InChI=1S/C37H48ClF3N6O3/c1-42-34-30(37(39,40)41)22-25(23-31(34)38)21-27(35(49)46-18-10-28(11-19-46)44-14-5-2-6-15-44)24-33(48)45-16-12-29(13-17-45)47-20-9-26-7-3-4-8-32(26)43-36(47)50/h3-4,7-8,22-23,27-29,42H,2,5-6,9-21,24H2,1H3,(H,43,50)/t27-/m0/s1. The van der Waals surface area contributed by atoms with Crippen LogP contribution in [0.25, 0.3) is 0 Å². The van der Waals surface area contributed by atoms with Crippen LogP contribution in [0.2, 0.25) is 5.02 Å². The van der Waals surface area contributed by atoms with Crippen molar-refractivity contribution >= 4 is 40.8 Å². The van der Waals surface area contributed by atoms with Crippen molar-refractivity contribution in [2.24, 2.45) is 5.92 Å². The number of halogens is 4. The Kier molecular flexibility index (Phi) is 11.5. The molecule has 0 aromatic heterocycles. The van der Waals surface area contributed by atoms with E-state index in [1.54, 1.807) is 9.80 Å². The molecular formula is C37H48ClF3N6O3. The van der Waals surface area contributed by atoms with E-state index in [9.17, 15) is 27.6 Å².